The van der Waals surface area contributed by atoms with Gasteiger partial charge in [-0.2, -0.15) is 0 Å². The topological polar surface area (TPSA) is 75.4 Å². The maximum atomic E-state index is 12.3. The predicted molar refractivity (Wildman–Crippen MR) is 88.3 cm³/mol. The Hall–Kier alpha value is -1.88. The second kappa shape index (κ2) is 7.13. The maximum Gasteiger partial charge on any atom is 0.224 e. The van der Waals surface area contributed by atoms with E-state index in [0.717, 1.165) is 43.4 Å². The Bertz CT molecular complexity index is 587. The van der Waals surface area contributed by atoms with Gasteiger partial charge >= 0.3 is 0 Å². The number of amides is 2. The number of nitrogens with one attached hydrogen (secondary N) is 1. The largest absolute Gasteiger partial charge is 0.352 e. The van der Waals surface area contributed by atoms with E-state index >= 15 is 0 Å². The molecule has 1 saturated carbocycles. The minimum atomic E-state index is -0.0534. The predicted octanol–water partition coefficient (Wildman–Crippen LogP) is 1.55. The molecule has 0 spiro atoms. The monoisotopic (exact) mass is 315 g/mol. The van der Waals surface area contributed by atoms with Crippen molar-refractivity contribution in [3.8, 4) is 0 Å². The Morgan fingerprint density at radius 3 is 2.65 bits per heavy atom. The van der Waals surface area contributed by atoms with E-state index in [-0.39, 0.29) is 23.8 Å². The molecule has 5 heteroatoms. The molecular formula is C18H25N3O2. The second-order valence-electron chi connectivity index (χ2n) is 6.61. The quantitative estimate of drug-likeness (QED) is 0.865. The van der Waals surface area contributed by atoms with Crippen molar-refractivity contribution in [2.24, 2.45) is 11.7 Å². The van der Waals surface area contributed by atoms with Crippen LogP contribution in [-0.4, -0.2) is 29.3 Å². The van der Waals surface area contributed by atoms with Crippen molar-refractivity contribution in [2.45, 2.75) is 51.2 Å². The summed E-state index contributed by atoms with van der Waals surface area (Å²) in [7, 11) is 0. The highest BCUT2D eigenvalue weighted by atomic mass is 16.2. The number of likely N-dealkylation sites (tertiary alicyclic amines) is 1. The zero-order chi connectivity index (χ0) is 16.2. The molecule has 2 aliphatic rings. The lowest BCUT2D eigenvalue weighted by atomic mass is 10.0. The first-order valence-electron chi connectivity index (χ1n) is 8.53. The molecule has 1 aliphatic carbocycles. The number of nitrogens with two attached hydrogens (primary N) is 1. The molecule has 3 N–H and O–H groups in total. The van der Waals surface area contributed by atoms with Gasteiger partial charge < -0.3 is 16.0 Å². The van der Waals surface area contributed by atoms with Crippen molar-refractivity contribution in [2.75, 3.05) is 6.54 Å². The van der Waals surface area contributed by atoms with Crippen LogP contribution in [-0.2, 0) is 22.7 Å². The lowest BCUT2D eigenvalue weighted by Crippen LogP contribution is -2.38. The molecule has 1 aromatic rings. The normalized spacial score (nSPS) is 24.2. The van der Waals surface area contributed by atoms with Gasteiger partial charge in [0.1, 0.15) is 0 Å². The van der Waals surface area contributed by atoms with E-state index in [1.165, 1.54) is 0 Å². The third-order valence-corrected chi connectivity index (χ3v) is 5.01. The van der Waals surface area contributed by atoms with E-state index in [1.54, 1.807) is 0 Å². The molecule has 23 heavy (non-hydrogen) atoms. The van der Waals surface area contributed by atoms with Gasteiger partial charge in [-0.15, -0.1) is 0 Å². The Balaban J connectivity index is 1.61. The number of rotatable bonds is 5. The van der Waals surface area contributed by atoms with Crippen molar-refractivity contribution >= 4 is 11.8 Å². The molecule has 3 rings (SSSR count). The Morgan fingerprint density at radius 1 is 1.22 bits per heavy atom. The number of hydrogen-bond donors (Lipinski definition) is 2. The molecule has 1 saturated heterocycles. The van der Waals surface area contributed by atoms with Crippen LogP contribution in [0.4, 0.5) is 0 Å². The lowest BCUT2D eigenvalue weighted by molar-refractivity contribution is -0.128. The summed E-state index contributed by atoms with van der Waals surface area (Å²) in [6.45, 7) is 1.96. The summed E-state index contributed by atoms with van der Waals surface area (Å²) in [4.78, 5) is 26.0. The minimum absolute atomic E-state index is 0.00698. The smallest absolute Gasteiger partial charge is 0.224 e. The van der Waals surface area contributed by atoms with Gasteiger partial charge in [0.15, 0.2) is 0 Å². The third kappa shape index (κ3) is 3.72. The van der Waals surface area contributed by atoms with Gasteiger partial charge in [0.05, 0.1) is 5.92 Å². The van der Waals surface area contributed by atoms with Crippen LogP contribution < -0.4 is 11.1 Å². The van der Waals surface area contributed by atoms with Gasteiger partial charge in [-0.05, 0) is 30.4 Å². The molecule has 124 valence electrons. The number of nitrogens with zero attached hydrogens (tertiary/aromatic N) is 1. The Morgan fingerprint density at radius 2 is 2.00 bits per heavy atom. The fourth-order valence-corrected chi connectivity index (χ4v) is 3.59. The molecule has 5 nitrogen and oxygen atoms in total. The molecule has 1 aliphatic heterocycles. The van der Waals surface area contributed by atoms with E-state index in [9.17, 15) is 9.59 Å². The number of hydrogen-bond acceptors (Lipinski definition) is 3. The molecule has 0 unspecified atom stereocenters. The lowest BCUT2D eigenvalue weighted by Gasteiger charge is -2.19. The van der Waals surface area contributed by atoms with Crippen molar-refractivity contribution in [1.29, 1.82) is 0 Å². The second-order valence-corrected chi connectivity index (χ2v) is 6.61. The van der Waals surface area contributed by atoms with Crippen LogP contribution in [0.15, 0.2) is 24.3 Å². The average Bonchev–Trinajstić information content (AvgIpc) is 3.15. The highest BCUT2D eigenvalue weighted by Crippen LogP contribution is 2.24. The van der Waals surface area contributed by atoms with E-state index in [4.69, 9.17) is 5.73 Å². The average molecular weight is 315 g/mol. The first-order valence-corrected chi connectivity index (χ1v) is 8.53. The molecule has 0 bridgehead atoms. The Labute approximate surface area is 137 Å². The molecule has 2 amide bonds. The van der Waals surface area contributed by atoms with Crippen LogP contribution in [0.25, 0.3) is 0 Å². The van der Waals surface area contributed by atoms with E-state index in [1.807, 2.05) is 29.2 Å². The van der Waals surface area contributed by atoms with Crippen LogP contribution in [0, 0.1) is 5.92 Å². The Kier molecular flexibility index (Phi) is 4.96. The molecule has 0 aromatic heterocycles. The summed E-state index contributed by atoms with van der Waals surface area (Å²) in [5.74, 6) is 0.227. The molecule has 2 fully saturated rings. The molecular weight excluding hydrogens is 290 g/mol. The van der Waals surface area contributed by atoms with Gasteiger partial charge in [-0.25, -0.2) is 0 Å². The van der Waals surface area contributed by atoms with Crippen molar-refractivity contribution in [1.82, 2.24) is 10.2 Å². The molecule has 2 atom stereocenters. The minimum Gasteiger partial charge on any atom is -0.352 e. The summed E-state index contributed by atoms with van der Waals surface area (Å²) in [6.07, 6.45) is 4.45. The highest BCUT2D eigenvalue weighted by Gasteiger charge is 2.30. The fourth-order valence-electron chi connectivity index (χ4n) is 3.59. The van der Waals surface area contributed by atoms with Crippen LogP contribution in [0.5, 0.6) is 0 Å². The van der Waals surface area contributed by atoms with Crippen molar-refractivity contribution < 1.29 is 9.59 Å². The van der Waals surface area contributed by atoms with Gasteiger partial charge in [0, 0.05) is 32.1 Å². The first-order chi connectivity index (χ1) is 11.1. The number of carbonyl (C=O) groups is 2. The summed E-state index contributed by atoms with van der Waals surface area (Å²) in [5, 5.41) is 3.03. The van der Waals surface area contributed by atoms with Gasteiger partial charge in [-0.3, -0.25) is 9.59 Å². The van der Waals surface area contributed by atoms with Gasteiger partial charge in [-0.1, -0.05) is 30.7 Å². The summed E-state index contributed by atoms with van der Waals surface area (Å²) in [6, 6.07) is 8.00. The number of carbonyl (C=O) groups excluding carboxylic acids is 2. The number of benzene rings is 1. The maximum absolute atomic E-state index is 12.3. The van der Waals surface area contributed by atoms with Crippen LogP contribution in [0.1, 0.15) is 43.2 Å². The molecule has 1 heterocycles. The van der Waals surface area contributed by atoms with Gasteiger partial charge in [0.25, 0.3) is 0 Å². The first kappa shape index (κ1) is 16.0. The summed E-state index contributed by atoms with van der Waals surface area (Å²) < 4.78 is 0. The van der Waals surface area contributed by atoms with Crippen LogP contribution in [0.3, 0.4) is 0 Å². The molecule has 0 radical (unpaired) electrons. The standard InChI is InChI=1S/C18H25N3O2/c19-16-8-3-7-15(16)18(23)20-11-13-5-1-2-6-14(13)12-21-10-4-9-17(21)22/h1-2,5-6,15-16H,3-4,7-12,19H2,(H,20,23)/t15-,16-/m1/s1. The molecule has 1 aromatic carbocycles. The highest BCUT2D eigenvalue weighted by molar-refractivity contribution is 5.80. The third-order valence-electron chi connectivity index (χ3n) is 5.01. The van der Waals surface area contributed by atoms with Gasteiger partial charge in [0.2, 0.25) is 11.8 Å². The van der Waals surface area contributed by atoms with Crippen molar-refractivity contribution in [3.05, 3.63) is 35.4 Å². The van der Waals surface area contributed by atoms with Crippen LogP contribution >= 0.6 is 0 Å². The van der Waals surface area contributed by atoms with Crippen LogP contribution in [0.2, 0.25) is 0 Å². The van der Waals surface area contributed by atoms with E-state index in [2.05, 4.69) is 5.32 Å². The zero-order valence-electron chi connectivity index (χ0n) is 13.5. The van der Waals surface area contributed by atoms with E-state index < -0.39 is 0 Å². The SMILES string of the molecule is N[C@@H]1CCC[C@H]1C(=O)NCc1ccccc1CN1CCCC1=O. The zero-order valence-corrected chi connectivity index (χ0v) is 13.5. The summed E-state index contributed by atoms with van der Waals surface area (Å²) in [5.41, 5.74) is 8.18. The van der Waals surface area contributed by atoms with Crippen molar-refractivity contribution in [3.63, 3.8) is 0 Å². The summed E-state index contributed by atoms with van der Waals surface area (Å²) >= 11 is 0. The van der Waals surface area contributed by atoms with E-state index in [0.29, 0.717) is 19.5 Å². The fraction of sp³-hybridized carbons (Fsp3) is 0.556.